The van der Waals surface area contributed by atoms with Gasteiger partial charge < -0.3 is 19.9 Å². The number of anilines is 1. The molecule has 1 aliphatic carbocycles. The molecule has 7 heteroatoms. The topological polar surface area (TPSA) is 61.9 Å². The molecule has 1 N–H and O–H groups in total. The van der Waals surface area contributed by atoms with Crippen LogP contribution in [0.25, 0.3) is 0 Å². The Morgan fingerprint density at radius 3 is 2.68 bits per heavy atom. The number of piperidine rings is 1. The Morgan fingerprint density at radius 1 is 1.23 bits per heavy atom. The summed E-state index contributed by atoms with van der Waals surface area (Å²) in [5.41, 5.74) is 1.70. The second-order valence-electron chi connectivity index (χ2n) is 9.32. The van der Waals surface area contributed by atoms with Crippen molar-refractivity contribution in [2.75, 3.05) is 31.1 Å². The van der Waals surface area contributed by atoms with Crippen LogP contribution in [0, 0.1) is 5.82 Å². The molecule has 2 unspecified atom stereocenters. The van der Waals surface area contributed by atoms with Gasteiger partial charge in [-0.2, -0.15) is 0 Å². The third kappa shape index (κ3) is 4.56. The van der Waals surface area contributed by atoms with Gasteiger partial charge in [-0.15, -0.1) is 0 Å². The van der Waals surface area contributed by atoms with E-state index in [0.29, 0.717) is 19.2 Å². The zero-order valence-electron chi connectivity index (χ0n) is 18.7. The number of likely N-dealkylation sites (tertiary alicyclic amines) is 1. The third-order valence-electron chi connectivity index (χ3n) is 7.43. The van der Waals surface area contributed by atoms with E-state index in [0.717, 1.165) is 62.9 Å². The minimum atomic E-state index is -0.320. The summed E-state index contributed by atoms with van der Waals surface area (Å²) in [7, 11) is 0. The van der Waals surface area contributed by atoms with Crippen molar-refractivity contribution in [3.8, 4) is 0 Å². The van der Waals surface area contributed by atoms with Crippen LogP contribution in [-0.2, 0) is 14.9 Å². The van der Waals surface area contributed by atoms with Crippen LogP contribution in [0.3, 0.4) is 0 Å². The quantitative estimate of drug-likeness (QED) is 0.736. The largest absolute Gasteiger partial charge is 0.450 e. The number of benzene rings is 1. The molecule has 2 atom stereocenters. The molecule has 1 saturated heterocycles. The zero-order valence-corrected chi connectivity index (χ0v) is 18.7. The maximum Gasteiger partial charge on any atom is 0.407 e. The number of hydrogen-bond donors (Lipinski definition) is 1. The lowest BCUT2D eigenvalue weighted by molar-refractivity contribution is -0.116. The van der Waals surface area contributed by atoms with Crippen molar-refractivity contribution in [2.24, 2.45) is 0 Å². The van der Waals surface area contributed by atoms with Gasteiger partial charge in [-0.1, -0.05) is 12.8 Å². The van der Waals surface area contributed by atoms with Crippen LogP contribution in [0.15, 0.2) is 18.2 Å². The highest BCUT2D eigenvalue weighted by Crippen LogP contribution is 2.47. The number of carbonyl (C=O) groups is 2. The van der Waals surface area contributed by atoms with Crippen LogP contribution in [0.2, 0.25) is 0 Å². The number of hydrogen-bond acceptors (Lipinski definition) is 4. The number of alkyl carbamates (subject to hydrolysis) is 1. The van der Waals surface area contributed by atoms with Gasteiger partial charge in [-0.3, -0.25) is 4.79 Å². The Bertz CT molecular complexity index is 822. The zero-order chi connectivity index (χ0) is 22.0. The number of ether oxygens (including phenoxy) is 1. The highest BCUT2D eigenvalue weighted by molar-refractivity contribution is 5.94. The lowest BCUT2D eigenvalue weighted by atomic mass is 9.74. The Morgan fingerprint density at radius 2 is 1.97 bits per heavy atom. The van der Waals surface area contributed by atoms with Gasteiger partial charge in [0, 0.05) is 36.7 Å². The fraction of sp³-hybridized carbons (Fsp3) is 0.667. The van der Waals surface area contributed by atoms with Gasteiger partial charge in [0.2, 0.25) is 5.91 Å². The lowest BCUT2D eigenvalue weighted by Crippen LogP contribution is -2.50. The van der Waals surface area contributed by atoms with Crippen molar-refractivity contribution in [3.63, 3.8) is 0 Å². The molecule has 2 fully saturated rings. The van der Waals surface area contributed by atoms with Gasteiger partial charge in [-0.25, -0.2) is 9.18 Å². The smallest absolute Gasteiger partial charge is 0.407 e. The predicted octanol–water partition coefficient (Wildman–Crippen LogP) is 3.97. The average Bonchev–Trinajstić information content (AvgIpc) is 2.87. The highest BCUT2D eigenvalue weighted by Gasteiger charge is 2.46. The van der Waals surface area contributed by atoms with Gasteiger partial charge in [0.1, 0.15) is 5.82 Å². The van der Waals surface area contributed by atoms with Crippen molar-refractivity contribution in [1.29, 1.82) is 0 Å². The maximum atomic E-state index is 14.1. The van der Waals surface area contributed by atoms with Gasteiger partial charge in [-0.05, 0) is 75.9 Å². The predicted molar refractivity (Wildman–Crippen MR) is 118 cm³/mol. The van der Waals surface area contributed by atoms with Crippen LogP contribution in [0.1, 0.15) is 64.4 Å². The van der Waals surface area contributed by atoms with Gasteiger partial charge in [0.25, 0.3) is 0 Å². The van der Waals surface area contributed by atoms with Crippen molar-refractivity contribution in [1.82, 2.24) is 10.2 Å². The molecular weight excluding hydrogens is 397 g/mol. The van der Waals surface area contributed by atoms with E-state index in [1.807, 2.05) is 11.8 Å². The monoisotopic (exact) mass is 431 g/mol. The molecule has 0 radical (unpaired) electrons. The number of rotatable bonds is 3. The van der Waals surface area contributed by atoms with Crippen LogP contribution in [-0.4, -0.2) is 55.2 Å². The van der Waals surface area contributed by atoms with E-state index in [9.17, 15) is 14.0 Å². The summed E-state index contributed by atoms with van der Waals surface area (Å²) in [6.07, 6.45) is 6.87. The van der Waals surface area contributed by atoms with E-state index in [1.165, 1.54) is 12.5 Å². The first kappa shape index (κ1) is 22.1. The van der Waals surface area contributed by atoms with Gasteiger partial charge in [0.15, 0.2) is 0 Å². The summed E-state index contributed by atoms with van der Waals surface area (Å²) in [5.74, 6) is -0.216. The molecule has 1 saturated carbocycles. The number of amides is 2. The Hall–Kier alpha value is -2.15. The maximum absolute atomic E-state index is 14.1. The van der Waals surface area contributed by atoms with Crippen molar-refractivity contribution in [2.45, 2.75) is 76.3 Å². The van der Waals surface area contributed by atoms with E-state index in [-0.39, 0.29) is 29.3 Å². The lowest BCUT2D eigenvalue weighted by Gasteiger charge is -2.43. The SMILES string of the molecule is CCOC(=O)NC1CCCCC(N2CCC3(CC2)CN(C(C)=O)c2ccc(F)cc23)C1. The van der Waals surface area contributed by atoms with Crippen molar-refractivity contribution >= 4 is 17.7 Å². The van der Waals surface area contributed by atoms with Gasteiger partial charge in [0.05, 0.1) is 6.61 Å². The van der Waals surface area contributed by atoms with Crippen molar-refractivity contribution < 1.29 is 18.7 Å². The fourth-order valence-corrected chi connectivity index (χ4v) is 5.80. The van der Waals surface area contributed by atoms with Crippen LogP contribution in [0.4, 0.5) is 14.9 Å². The van der Waals surface area contributed by atoms with E-state index in [1.54, 1.807) is 19.1 Å². The van der Waals surface area contributed by atoms with Crippen LogP contribution in [0.5, 0.6) is 0 Å². The van der Waals surface area contributed by atoms with E-state index < -0.39 is 0 Å². The summed E-state index contributed by atoms with van der Waals surface area (Å²) in [6, 6.07) is 5.43. The first-order chi connectivity index (χ1) is 14.9. The first-order valence-corrected chi connectivity index (χ1v) is 11.7. The molecule has 6 nitrogen and oxygen atoms in total. The summed E-state index contributed by atoms with van der Waals surface area (Å²) in [4.78, 5) is 28.5. The molecule has 1 aromatic carbocycles. The van der Waals surface area contributed by atoms with E-state index >= 15 is 0 Å². The Labute approximate surface area is 184 Å². The molecule has 3 aliphatic rings. The number of nitrogens with zero attached hydrogens (tertiary/aromatic N) is 2. The summed E-state index contributed by atoms with van der Waals surface area (Å²) in [6.45, 7) is 6.29. The van der Waals surface area contributed by atoms with Crippen LogP contribution < -0.4 is 10.2 Å². The average molecular weight is 432 g/mol. The molecular formula is C24H34FN3O3. The molecule has 0 aromatic heterocycles. The normalized spacial score (nSPS) is 25.7. The van der Waals surface area contributed by atoms with Gasteiger partial charge >= 0.3 is 6.09 Å². The van der Waals surface area contributed by atoms with Crippen molar-refractivity contribution in [3.05, 3.63) is 29.6 Å². The minimum Gasteiger partial charge on any atom is -0.450 e. The van der Waals surface area contributed by atoms with E-state index in [4.69, 9.17) is 4.74 Å². The molecule has 0 bridgehead atoms. The Kier molecular flexibility index (Phi) is 6.51. The number of carbonyl (C=O) groups excluding carboxylic acids is 2. The number of fused-ring (bicyclic) bond motifs is 2. The molecule has 1 spiro atoms. The molecule has 170 valence electrons. The second-order valence-corrected chi connectivity index (χ2v) is 9.32. The second kappa shape index (κ2) is 9.15. The summed E-state index contributed by atoms with van der Waals surface area (Å²) >= 11 is 0. The third-order valence-corrected chi connectivity index (χ3v) is 7.43. The molecule has 2 aliphatic heterocycles. The molecule has 2 amide bonds. The van der Waals surface area contributed by atoms with Crippen LogP contribution >= 0.6 is 0 Å². The molecule has 1 aromatic rings. The van der Waals surface area contributed by atoms with E-state index in [2.05, 4.69) is 10.2 Å². The Balaban J connectivity index is 1.44. The number of halogens is 1. The molecule has 31 heavy (non-hydrogen) atoms. The highest BCUT2D eigenvalue weighted by atomic mass is 19.1. The fourth-order valence-electron chi connectivity index (χ4n) is 5.80. The summed E-state index contributed by atoms with van der Waals surface area (Å²) < 4.78 is 19.2. The first-order valence-electron chi connectivity index (χ1n) is 11.7. The molecule has 2 heterocycles. The minimum absolute atomic E-state index is 0.0174. The summed E-state index contributed by atoms with van der Waals surface area (Å²) in [5, 5.41) is 3.04. The number of nitrogens with one attached hydrogen (secondary N) is 1. The standard InChI is InChI=1S/C24H34FN3O3/c1-3-31-23(30)26-19-6-4-5-7-20(15-19)27-12-10-24(11-13-27)16-28(17(2)29)22-9-8-18(25)14-21(22)24/h8-9,14,19-20H,3-7,10-13,15-16H2,1-2H3,(H,26,30). The molecule has 4 rings (SSSR count).